The second kappa shape index (κ2) is 18.0. The number of nitrogens with zero attached hydrogens (tertiary/aromatic N) is 2. The van der Waals surface area contributed by atoms with Gasteiger partial charge in [0, 0.05) is 36.4 Å². The minimum absolute atomic E-state index is 1.08. The molecule has 3 nitrogen and oxygen atoms in total. The average molecular weight is 565 g/mol. The number of halogens is 4. The predicted octanol–water partition coefficient (Wildman–Crippen LogP) is 7.11. The van der Waals surface area contributed by atoms with E-state index in [2.05, 4.69) is 53.9 Å². The molecule has 0 unspecified atom stereocenters. The Labute approximate surface area is 193 Å². The molecule has 0 bridgehead atoms. The first kappa shape index (κ1) is 28.2. The van der Waals surface area contributed by atoms with E-state index in [1.807, 2.05) is 43.0 Å². The zero-order chi connectivity index (χ0) is 22.0. The molecule has 0 fully saturated rings. The van der Waals surface area contributed by atoms with Crippen LogP contribution in [-0.2, 0) is 30.1 Å². The van der Waals surface area contributed by atoms with Gasteiger partial charge in [0.1, 0.15) is 0 Å². The Hall–Kier alpha value is -0.767. The van der Waals surface area contributed by atoms with Gasteiger partial charge in [-0.25, -0.2) is 4.98 Å². The number of H-pyrrole nitrogens is 1. The van der Waals surface area contributed by atoms with Crippen LogP contribution in [0.15, 0.2) is 73.6 Å². The van der Waals surface area contributed by atoms with Gasteiger partial charge in [0.2, 0.25) is 0 Å². The van der Waals surface area contributed by atoms with E-state index in [4.69, 9.17) is 38.8 Å². The van der Waals surface area contributed by atoms with E-state index in [0.717, 1.165) is 19.3 Å². The van der Waals surface area contributed by atoms with Crippen LogP contribution in [0, 0.1) is 0 Å². The van der Waals surface area contributed by atoms with E-state index < -0.39 is 10.8 Å². The van der Waals surface area contributed by atoms with Crippen LogP contribution in [0.2, 0.25) is 0 Å². The molecule has 0 saturated heterocycles. The molecule has 3 heterocycles. The third kappa shape index (κ3) is 20.3. The molecular weight excluding hydrogens is 537 g/mol. The van der Waals surface area contributed by atoms with Gasteiger partial charge in [-0.2, -0.15) is 0 Å². The first-order valence-corrected chi connectivity index (χ1v) is 18.0. The summed E-state index contributed by atoms with van der Waals surface area (Å²) in [6, 6.07) is 12.2. The van der Waals surface area contributed by atoms with Crippen molar-refractivity contribution in [2.45, 2.75) is 40.0 Å². The van der Waals surface area contributed by atoms with Gasteiger partial charge >= 0.3 is 49.6 Å². The molecule has 0 spiro atoms. The maximum atomic E-state index is 5.00. The fourth-order valence-corrected chi connectivity index (χ4v) is 1.86. The third-order valence-electron chi connectivity index (χ3n) is 3.44. The molecule has 0 atom stereocenters. The van der Waals surface area contributed by atoms with Gasteiger partial charge in [-0.1, -0.05) is 32.9 Å². The molecule has 0 aromatic carbocycles. The first-order valence-electron chi connectivity index (χ1n) is 9.06. The summed E-state index contributed by atoms with van der Waals surface area (Å²) in [6.45, 7) is 6.39. The Morgan fingerprint density at radius 1 is 0.724 bits per heavy atom. The predicted molar refractivity (Wildman–Crippen MR) is 123 cm³/mol. The number of aromatic nitrogens is 3. The fourth-order valence-electron chi connectivity index (χ4n) is 1.86. The molecule has 0 radical (unpaired) electrons. The van der Waals surface area contributed by atoms with Crippen molar-refractivity contribution < 1.29 is 15.8 Å². The van der Waals surface area contributed by atoms with Gasteiger partial charge in [-0.3, -0.25) is 9.97 Å². The number of rotatable bonds is 3. The van der Waals surface area contributed by atoms with Crippen LogP contribution in [0.5, 0.6) is 0 Å². The number of aromatic amines is 1. The number of aryl methyl sites for hydroxylation is 3. The molecule has 3 aromatic rings. The van der Waals surface area contributed by atoms with Crippen LogP contribution in [0.3, 0.4) is 0 Å². The number of hydrogen-bond donors (Lipinski definition) is 0. The summed E-state index contributed by atoms with van der Waals surface area (Å²) in [5, 5.41) is 0. The number of nitrogens with one attached hydrogen (secondary N) is 1. The standard InChI is InChI=1S/3C7H9N.4ClH.Ru/c3*1-2-7-4-3-5-8-6-7;;;;;/h3*3-6H,2H2,1H3;4*1H;/q;;;;;;;+3/p-3. The molecule has 0 aliphatic rings. The molecular formula is C21H28Cl4N3Ru. The van der Waals surface area contributed by atoms with Crippen LogP contribution in [0.1, 0.15) is 37.5 Å². The third-order valence-corrected chi connectivity index (χ3v) is 3.44. The summed E-state index contributed by atoms with van der Waals surface area (Å²) in [5.41, 5.74) is 3.95. The molecule has 29 heavy (non-hydrogen) atoms. The van der Waals surface area contributed by atoms with E-state index in [9.17, 15) is 0 Å². The van der Waals surface area contributed by atoms with E-state index >= 15 is 0 Å². The second-order valence-corrected chi connectivity index (χ2v) is 21.3. The Bertz CT molecular complexity index is 627. The maximum absolute atomic E-state index is 5.00. The zero-order valence-corrected chi connectivity index (χ0v) is 21.6. The Kier molecular flexibility index (Phi) is 17.6. The molecule has 3 rings (SSSR count). The van der Waals surface area contributed by atoms with Crippen molar-refractivity contribution in [1.82, 2.24) is 9.97 Å². The van der Waals surface area contributed by atoms with Gasteiger partial charge in [-0.05, 0) is 48.6 Å². The van der Waals surface area contributed by atoms with E-state index in [1.165, 1.54) is 16.7 Å². The van der Waals surface area contributed by atoms with Crippen LogP contribution >= 0.6 is 38.8 Å². The summed E-state index contributed by atoms with van der Waals surface area (Å²) in [4.78, 5) is 10.9. The molecule has 8 heteroatoms. The van der Waals surface area contributed by atoms with E-state index in [-0.39, 0.29) is 0 Å². The molecule has 0 aliphatic carbocycles. The summed E-state index contributed by atoms with van der Waals surface area (Å²) in [7, 11) is 17.0. The van der Waals surface area contributed by atoms with Crippen molar-refractivity contribution in [3.63, 3.8) is 0 Å². The van der Waals surface area contributed by atoms with Crippen molar-refractivity contribution in [3.8, 4) is 0 Å². The van der Waals surface area contributed by atoms with Crippen molar-refractivity contribution in [2.75, 3.05) is 0 Å². The molecule has 0 saturated carbocycles. The minimum atomic E-state index is -2.97. The van der Waals surface area contributed by atoms with Gasteiger partial charge in [0.15, 0.2) is 12.4 Å². The molecule has 163 valence electrons. The molecule has 0 amide bonds. The van der Waals surface area contributed by atoms with Gasteiger partial charge in [0.05, 0.1) is 0 Å². The number of pyridine rings is 3. The fraction of sp³-hybridized carbons (Fsp3) is 0.286. The van der Waals surface area contributed by atoms with Gasteiger partial charge in [-0.15, -0.1) is 0 Å². The van der Waals surface area contributed by atoms with E-state index in [0.29, 0.717) is 0 Å². The Balaban J connectivity index is 0.000000367. The molecule has 0 aliphatic heterocycles. The average Bonchev–Trinajstić information content (AvgIpc) is 2.75. The summed E-state index contributed by atoms with van der Waals surface area (Å²) in [5.74, 6) is 0. The monoisotopic (exact) mass is 564 g/mol. The molecule has 1 N–H and O–H groups in total. The molecule has 3 aromatic heterocycles. The second-order valence-electron chi connectivity index (χ2n) is 5.50. The summed E-state index contributed by atoms with van der Waals surface area (Å²) in [6.07, 6.45) is 14.6. The van der Waals surface area contributed by atoms with Gasteiger partial charge < -0.3 is 0 Å². The number of hydrogen-bond acceptors (Lipinski definition) is 2. The van der Waals surface area contributed by atoms with Crippen LogP contribution in [-0.4, -0.2) is 9.97 Å². The zero-order valence-electron chi connectivity index (χ0n) is 16.8. The van der Waals surface area contributed by atoms with Crippen LogP contribution in [0.25, 0.3) is 0 Å². The van der Waals surface area contributed by atoms with Gasteiger partial charge in [0.25, 0.3) is 0 Å². The Morgan fingerprint density at radius 2 is 1.14 bits per heavy atom. The van der Waals surface area contributed by atoms with Crippen molar-refractivity contribution in [3.05, 3.63) is 90.3 Å². The van der Waals surface area contributed by atoms with E-state index in [1.54, 1.807) is 12.4 Å². The summed E-state index contributed by atoms with van der Waals surface area (Å²) >= 11 is 0. The summed E-state index contributed by atoms with van der Waals surface area (Å²) < 4.78 is 0. The van der Waals surface area contributed by atoms with Crippen molar-refractivity contribution >= 4 is 38.8 Å². The normalized spacial score (nSPS) is 10.2. The topological polar surface area (TPSA) is 39.9 Å². The van der Waals surface area contributed by atoms with Crippen molar-refractivity contribution in [1.29, 1.82) is 0 Å². The van der Waals surface area contributed by atoms with Crippen LogP contribution in [0.4, 0.5) is 0 Å². The van der Waals surface area contributed by atoms with Crippen LogP contribution < -0.4 is 4.98 Å². The Morgan fingerprint density at radius 3 is 1.34 bits per heavy atom. The quantitative estimate of drug-likeness (QED) is 0.318. The van der Waals surface area contributed by atoms with Crippen molar-refractivity contribution in [2.24, 2.45) is 0 Å². The first-order chi connectivity index (χ1) is 13.8. The SMILES string of the molecule is CCc1ccc[nH+]c1.CCc1cccnc1.CCc1cccnc1.[Cl][Ru-]([Cl])([Cl])[Cl].